The van der Waals surface area contributed by atoms with E-state index in [0.717, 1.165) is 83.5 Å². The highest BCUT2D eigenvalue weighted by Gasteiger charge is 2.19. The Balaban J connectivity index is 4.48. The lowest BCUT2D eigenvalue weighted by Gasteiger charge is -2.18. The van der Waals surface area contributed by atoms with Crippen molar-refractivity contribution in [3.63, 3.8) is 0 Å². The maximum Gasteiger partial charge on any atom is 0.306 e. The van der Waals surface area contributed by atoms with Crippen molar-refractivity contribution in [2.24, 2.45) is 0 Å². The third-order valence-electron chi connectivity index (χ3n) is 11.5. The molecule has 0 spiro atoms. The van der Waals surface area contributed by atoms with Gasteiger partial charge >= 0.3 is 17.9 Å². The van der Waals surface area contributed by atoms with Crippen molar-refractivity contribution in [1.82, 2.24) is 0 Å². The molecule has 0 aromatic rings. The zero-order valence-corrected chi connectivity index (χ0v) is 42.5. The van der Waals surface area contributed by atoms with E-state index in [1.807, 2.05) is 60.8 Å². The van der Waals surface area contributed by atoms with Crippen LogP contribution >= 0.6 is 0 Å². The van der Waals surface area contributed by atoms with Crippen LogP contribution in [-0.2, 0) is 28.6 Å². The number of unbranched alkanes of at least 4 members (excludes halogenated alkanes) is 28. The van der Waals surface area contributed by atoms with Gasteiger partial charge in [0.25, 0.3) is 0 Å². The van der Waals surface area contributed by atoms with Crippen LogP contribution in [0.4, 0.5) is 0 Å². The van der Waals surface area contributed by atoms with Crippen molar-refractivity contribution in [1.29, 1.82) is 0 Å². The fraction of sp³-hybridized carbons (Fsp3) is 0.712. The number of rotatable bonds is 48. The molecule has 0 radical (unpaired) electrons. The summed E-state index contributed by atoms with van der Waals surface area (Å²) >= 11 is 0. The minimum absolute atomic E-state index is 0.0975. The number of esters is 3. The molecule has 0 fully saturated rings. The van der Waals surface area contributed by atoms with E-state index in [-0.39, 0.29) is 31.1 Å². The number of carbonyl (C=O) groups is 3. The van der Waals surface area contributed by atoms with Crippen molar-refractivity contribution in [3.05, 3.63) is 85.1 Å². The van der Waals surface area contributed by atoms with E-state index in [0.29, 0.717) is 19.3 Å². The number of hydrogen-bond donors (Lipinski definition) is 0. The molecule has 0 bridgehead atoms. The molecule has 0 aromatic heterocycles. The highest BCUT2D eigenvalue weighted by atomic mass is 16.6. The molecule has 6 heteroatoms. The molecule has 6 nitrogen and oxygen atoms in total. The molecular weight excluding hydrogens is 805 g/mol. The van der Waals surface area contributed by atoms with Crippen LogP contribution < -0.4 is 0 Å². The molecule has 0 saturated carbocycles. The Bertz CT molecular complexity index is 1270. The van der Waals surface area contributed by atoms with Gasteiger partial charge in [-0.25, -0.2) is 0 Å². The van der Waals surface area contributed by atoms with Crippen LogP contribution in [0.15, 0.2) is 85.1 Å². The van der Waals surface area contributed by atoms with E-state index in [2.05, 4.69) is 45.1 Å². The normalized spacial score (nSPS) is 12.7. The average Bonchev–Trinajstić information content (AvgIpc) is 3.30. The molecular formula is C59H100O6. The summed E-state index contributed by atoms with van der Waals surface area (Å²) in [5.74, 6) is -0.951. The van der Waals surface area contributed by atoms with Crippen LogP contribution in [0.3, 0.4) is 0 Å². The molecule has 0 aliphatic heterocycles. The summed E-state index contributed by atoms with van der Waals surface area (Å²) in [4.78, 5) is 38.0. The van der Waals surface area contributed by atoms with Crippen LogP contribution in [0.5, 0.6) is 0 Å². The highest BCUT2D eigenvalue weighted by Crippen LogP contribution is 2.15. The Morgan fingerprint density at radius 3 is 1.00 bits per heavy atom. The lowest BCUT2D eigenvalue weighted by atomic mass is 10.0. The van der Waals surface area contributed by atoms with Crippen molar-refractivity contribution in [3.8, 4) is 0 Å². The molecule has 0 rings (SSSR count). The first-order chi connectivity index (χ1) is 32.0. The Morgan fingerprint density at radius 1 is 0.323 bits per heavy atom. The van der Waals surface area contributed by atoms with Gasteiger partial charge < -0.3 is 14.2 Å². The van der Waals surface area contributed by atoms with Gasteiger partial charge in [0.05, 0.1) is 0 Å². The third kappa shape index (κ3) is 51.4. The van der Waals surface area contributed by atoms with E-state index in [1.165, 1.54) is 128 Å². The van der Waals surface area contributed by atoms with Gasteiger partial charge in [-0.3, -0.25) is 14.4 Å². The third-order valence-corrected chi connectivity index (χ3v) is 11.5. The SMILES string of the molecule is CC\C=C/C=C\C=C/C=C\C=C\C=C/CCCCCC(=O)OCC(COC(=O)CCCCC/C=C\CCCCCCCCC)OC(=O)CCCCCCCCCCCCCCCCCC. The molecule has 372 valence electrons. The molecule has 0 amide bonds. The summed E-state index contributed by atoms with van der Waals surface area (Å²) < 4.78 is 16.8. The van der Waals surface area contributed by atoms with E-state index in [4.69, 9.17) is 14.2 Å². The minimum atomic E-state index is -0.799. The molecule has 65 heavy (non-hydrogen) atoms. The summed E-state index contributed by atoms with van der Waals surface area (Å²) in [6.45, 7) is 6.45. The Morgan fingerprint density at radius 2 is 0.615 bits per heavy atom. The van der Waals surface area contributed by atoms with Gasteiger partial charge in [-0.15, -0.1) is 0 Å². The van der Waals surface area contributed by atoms with Crippen LogP contribution in [0.1, 0.15) is 252 Å². The van der Waals surface area contributed by atoms with Crippen molar-refractivity contribution >= 4 is 17.9 Å². The van der Waals surface area contributed by atoms with Gasteiger partial charge in [0.2, 0.25) is 0 Å². The predicted octanol–water partition coefficient (Wildman–Crippen LogP) is 18.0. The number of carbonyl (C=O) groups excluding carboxylic acids is 3. The van der Waals surface area contributed by atoms with Gasteiger partial charge in [0, 0.05) is 19.3 Å². The second-order valence-electron chi connectivity index (χ2n) is 17.9. The Kier molecular flexibility index (Phi) is 50.4. The molecule has 0 aromatic carbocycles. The van der Waals surface area contributed by atoms with Crippen LogP contribution in [0.25, 0.3) is 0 Å². The lowest BCUT2D eigenvalue weighted by molar-refractivity contribution is -0.167. The zero-order chi connectivity index (χ0) is 47.2. The molecule has 0 saturated heterocycles. The van der Waals surface area contributed by atoms with E-state index < -0.39 is 6.10 Å². The summed E-state index contributed by atoms with van der Waals surface area (Å²) in [5, 5.41) is 0. The Labute approximate surface area is 401 Å². The van der Waals surface area contributed by atoms with E-state index in [1.54, 1.807) is 0 Å². The first-order valence-corrected chi connectivity index (χ1v) is 27.2. The second kappa shape index (κ2) is 53.2. The fourth-order valence-electron chi connectivity index (χ4n) is 7.47. The maximum absolute atomic E-state index is 12.8. The van der Waals surface area contributed by atoms with Gasteiger partial charge in [-0.1, -0.05) is 254 Å². The van der Waals surface area contributed by atoms with Gasteiger partial charge in [0.1, 0.15) is 13.2 Å². The van der Waals surface area contributed by atoms with Crippen LogP contribution in [-0.4, -0.2) is 37.2 Å². The molecule has 0 aliphatic rings. The molecule has 0 heterocycles. The monoisotopic (exact) mass is 905 g/mol. The summed E-state index contributed by atoms with van der Waals surface area (Å²) in [7, 11) is 0. The van der Waals surface area contributed by atoms with Gasteiger partial charge in [0.15, 0.2) is 6.10 Å². The van der Waals surface area contributed by atoms with Gasteiger partial charge in [-0.2, -0.15) is 0 Å². The number of ether oxygens (including phenoxy) is 3. The summed E-state index contributed by atoms with van der Waals surface area (Å²) in [5.41, 5.74) is 0. The van der Waals surface area contributed by atoms with E-state index in [9.17, 15) is 14.4 Å². The zero-order valence-electron chi connectivity index (χ0n) is 42.5. The van der Waals surface area contributed by atoms with Crippen LogP contribution in [0, 0.1) is 0 Å². The molecule has 0 aliphatic carbocycles. The molecule has 1 unspecified atom stereocenters. The van der Waals surface area contributed by atoms with Crippen LogP contribution in [0.2, 0.25) is 0 Å². The smallest absolute Gasteiger partial charge is 0.306 e. The average molecular weight is 905 g/mol. The quantitative estimate of drug-likeness (QED) is 0.0199. The number of hydrogen-bond acceptors (Lipinski definition) is 6. The number of allylic oxidation sites excluding steroid dienone is 14. The lowest BCUT2D eigenvalue weighted by Crippen LogP contribution is -2.30. The second-order valence-corrected chi connectivity index (χ2v) is 17.9. The molecule has 1 atom stereocenters. The van der Waals surface area contributed by atoms with Crippen molar-refractivity contribution < 1.29 is 28.6 Å². The first kappa shape index (κ1) is 61.6. The van der Waals surface area contributed by atoms with Crippen molar-refractivity contribution in [2.75, 3.05) is 13.2 Å². The standard InChI is InChI=1S/C59H100O6/c1-4-7-10-13-16-19-22-25-28-30-32-34-37-40-43-46-49-52-58(61)64-55-56(54-63-57(60)51-48-45-42-39-36-33-27-24-21-18-15-12-9-6-3)65-59(62)53-50-47-44-41-38-35-31-29-26-23-20-17-14-11-8-5-2/h7,10,13,16,19,22,25,28,30,32-34,36-37,56H,4-6,8-9,11-12,14-15,17-18,20-21,23-24,26-27,29,31,35,38-55H2,1-3H3/b10-7-,16-13-,22-19-,28-25-,32-30+,36-33-,37-34-. The Hall–Kier alpha value is -3.41. The fourth-order valence-corrected chi connectivity index (χ4v) is 7.47. The van der Waals surface area contributed by atoms with Gasteiger partial charge in [-0.05, 0) is 64.2 Å². The topological polar surface area (TPSA) is 78.9 Å². The molecule has 0 N–H and O–H groups in total. The highest BCUT2D eigenvalue weighted by molar-refractivity contribution is 5.71. The minimum Gasteiger partial charge on any atom is -0.462 e. The first-order valence-electron chi connectivity index (χ1n) is 27.2. The summed E-state index contributed by atoms with van der Waals surface area (Å²) in [6, 6.07) is 0. The largest absolute Gasteiger partial charge is 0.462 e. The van der Waals surface area contributed by atoms with Crippen molar-refractivity contribution in [2.45, 2.75) is 258 Å². The summed E-state index contributed by atoms with van der Waals surface area (Å²) in [6.07, 6.45) is 68.5. The predicted molar refractivity (Wildman–Crippen MR) is 279 cm³/mol. The maximum atomic E-state index is 12.8. The van der Waals surface area contributed by atoms with E-state index >= 15 is 0 Å².